The van der Waals surface area contributed by atoms with Gasteiger partial charge in [-0.05, 0) is 80.6 Å². The summed E-state index contributed by atoms with van der Waals surface area (Å²) in [7, 11) is 0. The molecule has 4 rings (SSSR count). The summed E-state index contributed by atoms with van der Waals surface area (Å²) in [6.07, 6.45) is 11.7. The van der Waals surface area contributed by atoms with Crippen molar-refractivity contribution in [3.8, 4) is 0 Å². The molecule has 0 spiro atoms. The minimum atomic E-state index is -0.923. The molecule has 0 aromatic heterocycles. The Morgan fingerprint density at radius 3 is 2.72 bits per heavy atom. The van der Waals surface area contributed by atoms with E-state index in [9.17, 15) is 9.90 Å². The SMILES string of the molecule is C=C(C)OCC(=C)[C@@]1(O)CCC2C3C[C@H](C)C4=CC(=O)C=C[C@]4(C)C3=CC[C@@]21C. The first-order valence-corrected chi connectivity index (χ1v) is 10.9. The predicted molar refractivity (Wildman–Crippen MR) is 116 cm³/mol. The van der Waals surface area contributed by atoms with Crippen LogP contribution in [0.4, 0.5) is 0 Å². The van der Waals surface area contributed by atoms with Gasteiger partial charge in [-0.2, -0.15) is 0 Å². The van der Waals surface area contributed by atoms with Crippen LogP contribution < -0.4 is 0 Å². The van der Waals surface area contributed by atoms with Gasteiger partial charge in [0.25, 0.3) is 0 Å². The average molecular weight is 395 g/mol. The number of rotatable bonds is 4. The van der Waals surface area contributed by atoms with Crippen LogP contribution in [-0.4, -0.2) is 23.1 Å². The Kier molecular flexibility index (Phi) is 4.62. The molecule has 0 heterocycles. The van der Waals surface area contributed by atoms with Crippen LogP contribution >= 0.6 is 0 Å². The molecule has 3 heteroatoms. The molecule has 2 saturated carbocycles. The van der Waals surface area contributed by atoms with E-state index >= 15 is 0 Å². The second kappa shape index (κ2) is 6.57. The van der Waals surface area contributed by atoms with E-state index < -0.39 is 5.60 Å². The van der Waals surface area contributed by atoms with Gasteiger partial charge in [0.1, 0.15) is 6.61 Å². The third-order valence-corrected chi connectivity index (χ3v) is 8.51. The van der Waals surface area contributed by atoms with E-state index in [1.54, 1.807) is 6.08 Å². The van der Waals surface area contributed by atoms with Crippen LogP contribution in [0.5, 0.6) is 0 Å². The van der Waals surface area contributed by atoms with Gasteiger partial charge in [-0.1, -0.05) is 44.7 Å². The molecule has 0 aliphatic heterocycles. The number of carbonyl (C=O) groups excluding carboxylic acids is 1. The number of fused-ring (bicyclic) bond motifs is 5. The summed E-state index contributed by atoms with van der Waals surface area (Å²) in [5.74, 6) is 1.94. The molecule has 0 amide bonds. The van der Waals surface area contributed by atoms with Crippen LogP contribution in [0.1, 0.15) is 53.4 Å². The molecule has 4 aliphatic rings. The Morgan fingerprint density at radius 1 is 1.31 bits per heavy atom. The fourth-order valence-corrected chi connectivity index (χ4v) is 6.85. The highest BCUT2D eigenvalue weighted by Crippen LogP contribution is 2.66. The van der Waals surface area contributed by atoms with Crippen LogP contribution in [-0.2, 0) is 9.53 Å². The molecule has 0 saturated heterocycles. The van der Waals surface area contributed by atoms with Gasteiger partial charge in [0.05, 0.1) is 11.4 Å². The zero-order valence-electron chi connectivity index (χ0n) is 18.3. The smallest absolute Gasteiger partial charge is 0.178 e. The Labute approximate surface area is 174 Å². The minimum absolute atomic E-state index is 0.105. The molecular formula is C26H34O3. The lowest BCUT2D eigenvalue weighted by Gasteiger charge is -2.55. The lowest BCUT2D eigenvalue weighted by Crippen LogP contribution is -2.52. The van der Waals surface area contributed by atoms with E-state index in [4.69, 9.17) is 4.74 Å². The quantitative estimate of drug-likeness (QED) is 0.520. The molecule has 2 fully saturated rings. The summed E-state index contributed by atoms with van der Waals surface area (Å²) in [5.41, 5.74) is 2.12. The molecule has 29 heavy (non-hydrogen) atoms. The molecule has 0 bridgehead atoms. The highest BCUT2D eigenvalue weighted by atomic mass is 16.5. The Balaban J connectivity index is 1.70. The van der Waals surface area contributed by atoms with Gasteiger partial charge in [-0.3, -0.25) is 4.79 Å². The van der Waals surface area contributed by atoms with Crippen molar-refractivity contribution in [1.29, 1.82) is 0 Å². The summed E-state index contributed by atoms with van der Waals surface area (Å²) < 4.78 is 5.61. The Hall–Kier alpha value is -1.87. The molecule has 3 nitrogen and oxygen atoms in total. The van der Waals surface area contributed by atoms with Crippen molar-refractivity contribution in [2.24, 2.45) is 28.6 Å². The van der Waals surface area contributed by atoms with E-state index in [0.717, 1.165) is 31.3 Å². The van der Waals surface area contributed by atoms with Crippen LogP contribution in [0.15, 0.2) is 59.9 Å². The predicted octanol–water partition coefficient (Wildman–Crippen LogP) is 5.30. The van der Waals surface area contributed by atoms with Crippen LogP contribution in [0.3, 0.4) is 0 Å². The van der Waals surface area contributed by atoms with E-state index in [-0.39, 0.29) is 16.6 Å². The molecule has 6 atom stereocenters. The molecule has 0 aromatic carbocycles. The highest BCUT2D eigenvalue weighted by molar-refractivity contribution is 6.01. The normalized spacial score (nSPS) is 42.9. The van der Waals surface area contributed by atoms with Crippen molar-refractivity contribution < 1.29 is 14.6 Å². The first kappa shape index (κ1) is 20.4. The molecule has 0 aromatic rings. The molecule has 4 aliphatic carbocycles. The first-order valence-electron chi connectivity index (χ1n) is 10.9. The summed E-state index contributed by atoms with van der Waals surface area (Å²) >= 11 is 0. The Bertz CT molecular complexity index is 874. The standard InChI is InChI=1S/C26H34O3/c1-16(2)29-15-18(4)26(28)12-9-22-20-13-17(3)23-14-19(27)7-10-24(23,5)21(20)8-11-25(22,26)6/h7-8,10,14,17,20,22,28H,1,4,9,11-13,15H2,2-3,5-6H3/t17-,20?,22?,24+,25-,26-/m0/s1. The van der Waals surface area contributed by atoms with Crippen LogP contribution in [0.25, 0.3) is 0 Å². The van der Waals surface area contributed by atoms with Gasteiger partial charge in [0, 0.05) is 10.8 Å². The third-order valence-electron chi connectivity index (χ3n) is 8.51. The van der Waals surface area contributed by atoms with Gasteiger partial charge < -0.3 is 9.84 Å². The number of ether oxygens (including phenoxy) is 1. The average Bonchev–Trinajstić information content (AvgIpc) is 2.94. The Morgan fingerprint density at radius 2 is 2.03 bits per heavy atom. The van der Waals surface area contributed by atoms with Crippen molar-refractivity contribution in [2.45, 2.75) is 59.0 Å². The monoisotopic (exact) mass is 394 g/mol. The second-order valence-corrected chi connectivity index (χ2v) is 10.2. The van der Waals surface area contributed by atoms with Gasteiger partial charge >= 0.3 is 0 Å². The zero-order chi connectivity index (χ0) is 21.2. The largest absolute Gasteiger partial charge is 0.494 e. The molecule has 1 N–H and O–H groups in total. The van der Waals surface area contributed by atoms with Gasteiger partial charge in [-0.15, -0.1) is 0 Å². The first-order chi connectivity index (χ1) is 13.5. The summed E-state index contributed by atoms with van der Waals surface area (Å²) in [4.78, 5) is 12.0. The van der Waals surface area contributed by atoms with Crippen molar-refractivity contribution in [1.82, 2.24) is 0 Å². The number of carbonyl (C=O) groups is 1. The van der Waals surface area contributed by atoms with Gasteiger partial charge in [0.2, 0.25) is 0 Å². The number of hydrogen-bond acceptors (Lipinski definition) is 3. The third kappa shape index (κ3) is 2.77. The molecule has 2 unspecified atom stereocenters. The van der Waals surface area contributed by atoms with E-state index in [1.807, 2.05) is 13.0 Å². The maximum absolute atomic E-state index is 12.0. The molecule has 0 radical (unpaired) electrons. The van der Waals surface area contributed by atoms with E-state index in [0.29, 0.717) is 30.1 Å². The van der Waals surface area contributed by atoms with Crippen molar-refractivity contribution in [3.05, 3.63) is 59.9 Å². The van der Waals surface area contributed by atoms with Crippen molar-refractivity contribution >= 4 is 5.78 Å². The lowest BCUT2D eigenvalue weighted by molar-refractivity contribution is -0.110. The molecular weight excluding hydrogens is 360 g/mol. The van der Waals surface area contributed by atoms with Gasteiger partial charge in [0.15, 0.2) is 5.78 Å². The maximum atomic E-state index is 12.0. The minimum Gasteiger partial charge on any atom is -0.494 e. The number of aliphatic hydroxyl groups is 1. The fourth-order valence-electron chi connectivity index (χ4n) is 6.85. The summed E-state index contributed by atoms with van der Waals surface area (Å²) in [6, 6.07) is 0. The number of ketones is 1. The molecule has 156 valence electrons. The number of hydrogen-bond donors (Lipinski definition) is 1. The second-order valence-electron chi connectivity index (χ2n) is 10.2. The van der Waals surface area contributed by atoms with Gasteiger partial charge in [-0.25, -0.2) is 0 Å². The van der Waals surface area contributed by atoms with Crippen molar-refractivity contribution in [2.75, 3.05) is 6.61 Å². The zero-order valence-corrected chi connectivity index (χ0v) is 18.3. The van der Waals surface area contributed by atoms with E-state index in [1.165, 1.54) is 11.1 Å². The van der Waals surface area contributed by atoms with Crippen LogP contribution in [0.2, 0.25) is 0 Å². The van der Waals surface area contributed by atoms with Crippen molar-refractivity contribution in [3.63, 3.8) is 0 Å². The highest BCUT2D eigenvalue weighted by Gasteiger charge is 2.62. The topological polar surface area (TPSA) is 46.5 Å². The van der Waals surface area contributed by atoms with Crippen LogP contribution in [0, 0.1) is 28.6 Å². The summed E-state index contributed by atoms with van der Waals surface area (Å²) in [5, 5.41) is 11.8. The lowest BCUT2D eigenvalue weighted by atomic mass is 9.49. The van der Waals surface area contributed by atoms with E-state index in [2.05, 4.69) is 46.1 Å². The summed E-state index contributed by atoms with van der Waals surface area (Å²) in [6.45, 7) is 16.9. The maximum Gasteiger partial charge on any atom is 0.178 e. The fraction of sp³-hybridized carbons (Fsp3) is 0.577. The number of allylic oxidation sites excluding steroid dienone is 7.